The molecule has 0 spiro atoms. The van der Waals surface area contributed by atoms with Crippen LogP contribution in [0.2, 0.25) is 0 Å². The Hall–Kier alpha value is -1.52. The number of hydrogen-bond donors (Lipinski definition) is 1. The number of esters is 1. The van der Waals surface area contributed by atoms with E-state index in [9.17, 15) is 9.59 Å². The number of nitrogens with one attached hydrogen (secondary N) is 1. The predicted octanol–water partition coefficient (Wildman–Crippen LogP) is 3.19. The molecule has 1 saturated carbocycles. The summed E-state index contributed by atoms with van der Waals surface area (Å²) < 4.78 is 9.90. The van der Waals surface area contributed by atoms with Crippen molar-refractivity contribution < 1.29 is 19.1 Å². The largest absolute Gasteiger partial charge is 0.466 e. The predicted molar refractivity (Wildman–Crippen MR) is 80.9 cm³/mol. The zero-order valence-corrected chi connectivity index (χ0v) is 13.5. The van der Waals surface area contributed by atoms with Gasteiger partial charge in [0, 0.05) is 6.08 Å². The highest BCUT2D eigenvalue weighted by Gasteiger charge is 2.25. The van der Waals surface area contributed by atoms with Crippen LogP contribution in [0.5, 0.6) is 0 Å². The first-order valence-corrected chi connectivity index (χ1v) is 7.57. The van der Waals surface area contributed by atoms with Gasteiger partial charge in [-0.05, 0) is 39.5 Å². The average Bonchev–Trinajstić information content (AvgIpc) is 2.42. The lowest BCUT2D eigenvalue weighted by Gasteiger charge is -2.30. The molecule has 1 amide bonds. The standard InChI is InChI=1S/C16H27NO4/c1-16(2,3)21-15(19)17-13(10-11-14(18)20-4)12-8-6-5-7-9-12/h10-13H,5-9H2,1-4H3,(H,17,19)/t13-/m0/s1. The van der Waals surface area contributed by atoms with Crippen molar-refractivity contribution in [1.82, 2.24) is 5.32 Å². The lowest BCUT2D eigenvalue weighted by molar-refractivity contribution is -0.134. The van der Waals surface area contributed by atoms with Crippen molar-refractivity contribution in [2.45, 2.75) is 64.5 Å². The van der Waals surface area contributed by atoms with E-state index in [0.29, 0.717) is 5.92 Å². The molecule has 1 rings (SSSR count). The molecule has 1 atom stereocenters. The second-order valence-corrected chi connectivity index (χ2v) is 6.45. The summed E-state index contributed by atoms with van der Waals surface area (Å²) in [5.74, 6) is -0.0750. The molecule has 1 aliphatic carbocycles. The van der Waals surface area contributed by atoms with E-state index in [-0.39, 0.29) is 6.04 Å². The molecule has 1 fully saturated rings. The quantitative estimate of drug-likeness (QED) is 0.639. The van der Waals surface area contributed by atoms with Crippen molar-refractivity contribution >= 4 is 12.1 Å². The second-order valence-electron chi connectivity index (χ2n) is 6.45. The van der Waals surface area contributed by atoms with Gasteiger partial charge < -0.3 is 14.8 Å². The van der Waals surface area contributed by atoms with Crippen molar-refractivity contribution in [3.05, 3.63) is 12.2 Å². The van der Waals surface area contributed by atoms with Gasteiger partial charge in [-0.2, -0.15) is 0 Å². The SMILES string of the molecule is COC(=O)C=C[C@H](NC(=O)OC(C)(C)C)C1CCCCC1. The number of amides is 1. The lowest BCUT2D eigenvalue weighted by Crippen LogP contribution is -2.42. The van der Waals surface area contributed by atoms with Crippen LogP contribution in [0.15, 0.2) is 12.2 Å². The van der Waals surface area contributed by atoms with Crippen LogP contribution in [0.1, 0.15) is 52.9 Å². The number of alkyl carbamates (subject to hydrolysis) is 1. The van der Waals surface area contributed by atoms with E-state index in [1.165, 1.54) is 19.6 Å². The highest BCUT2D eigenvalue weighted by molar-refractivity contribution is 5.82. The maximum atomic E-state index is 11.9. The van der Waals surface area contributed by atoms with Crippen LogP contribution in [-0.2, 0) is 14.3 Å². The molecule has 21 heavy (non-hydrogen) atoms. The van der Waals surface area contributed by atoms with Gasteiger partial charge >= 0.3 is 12.1 Å². The highest BCUT2D eigenvalue weighted by atomic mass is 16.6. The van der Waals surface area contributed by atoms with Gasteiger partial charge in [-0.15, -0.1) is 0 Å². The van der Waals surface area contributed by atoms with Crippen LogP contribution < -0.4 is 5.32 Å². The van der Waals surface area contributed by atoms with Crippen molar-refractivity contribution in [2.75, 3.05) is 7.11 Å². The molecule has 5 nitrogen and oxygen atoms in total. The first-order chi connectivity index (χ1) is 9.81. The van der Waals surface area contributed by atoms with Gasteiger partial charge in [-0.1, -0.05) is 25.3 Å². The highest BCUT2D eigenvalue weighted by Crippen LogP contribution is 2.27. The summed E-state index contributed by atoms with van der Waals surface area (Å²) in [6.07, 6.45) is 8.27. The van der Waals surface area contributed by atoms with Crippen molar-refractivity contribution in [3.8, 4) is 0 Å². The Morgan fingerprint density at radius 3 is 2.33 bits per heavy atom. The van der Waals surface area contributed by atoms with E-state index >= 15 is 0 Å². The van der Waals surface area contributed by atoms with Crippen LogP contribution in [0.4, 0.5) is 4.79 Å². The molecule has 1 N–H and O–H groups in total. The normalized spacial score (nSPS) is 18.3. The zero-order valence-electron chi connectivity index (χ0n) is 13.5. The topological polar surface area (TPSA) is 64.6 Å². The third-order valence-electron chi connectivity index (χ3n) is 3.48. The Bertz CT molecular complexity index is 378. The van der Waals surface area contributed by atoms with Crippen molar-refractivity contribution in [3.63, 3.8) is 0 Å². The Labute approximate surface area is 127 Å². The van der Waals surface area contributed by atoms with Crippen LogP contribution in [0.25, 0.3) is 0 Å². The smallest absolute Gasteiger partial charge is 0.408 e. The molecule has 120 valence electrons. The third kappa shape index (κ3) is 7.16. The minimum Gasteiger partial charge on any atom is -0.466 e. The summed E-state index contributed by atoms with van der Waals surface area (Å²) in [5, 5.41) is 2.87. The lowest BCUT2D eigenvalue weighted by atomic mass is 9.84. The number of ether oxygens (including phenoxy) is 2. The fourth-order valence-electron chi connectivity index (χ4n) is 2.51. The second kappa shape index (κ2) is 8.05. The van der Waals surface area contributed by atoms with Crippen LogP contribution in [0, 0.1) is 5.92 Å². The summed E-state index contributed by atoms with van der Waals surface area (Å²) in [6.45, 7) is 5.48. The maximum absolute atomic E-state index is 11.9. The molecule has 0 aromatic carbocycles. The van der Waals surface area contributed by atoms with Gasteiger partial charge in [0.05, 0.1) is 13.2 Å². The van der Waals surface area contributed by atoms with E-state index in [4.69, 9.17) is 4.74 Å². The first-order valence-electron chi connectivity index (χ1n) is 7.57. The Balaban J connectivity index is 2.68. The first kappa shape index (κ1) is 17.5. The van der Waals surface area contributed by atoms with E-state index in [1.54, 1.807) is 6.08 Å². The fraction of sp³-hybridized carbons (Fsp3) is 0.750. The third-order valence-corrected chi connectivity index (χ3v) is 3.48. The summed E-state index contributed by atoms with van der Waals surface area (Å²) in [5.41, 5.74) is -0.534. The Morgan fingerprint density at radius 1 is 1.19 bits per heavy atom. The molecule has 0 aromatic rings. The summed E-state index contributed by atoms with van der Waals surface area (Å²) in [7, 11) is 1.34. The minimum atomic E-state index is -0.534. The van der Waals surface area contributed by atoms with Crippen LogP contribution in [-0.4, -0.2) is 30.8 Å². The molecule has 0 aromatic heterocycles. The molecule has 5 heteroatoms. The average molecular weight is 297 g/mol. The summed E-state index contributed by atoms with van der Waals surface area (Å²) in [6, 6.07) is -0.195. The molecule has 1 aliphatic rings. The van der Waals surface area contributed by atoms with Gasteiger partial charge in [0.25, 0.3) is 0 Å². The number of methoxy groups -OCH3 is 1. The number of carbonyl (C=O) groups is 2. The van der Waals surface area contributed by atoms with Gasteiger partial charge in [-0.3, -0.25) is 0 Å². The summed E-state index contributed by atoms with van der Waals surface area (Å²) in [4.78, 5) is 23.2. The van der Waals surface area contributed by atoms with Gasteiger partial charge in [0.1, 0.15) is 5.60 Å². The monoisotopic (exact) mass is 297 g/mol. The van der Waals surface area contributed by atoms with Gasteiger partial charge in [0.15, 0.2) is 0 Å². The van der Waals surface area contributed by atoms with E-state index in [1.807, 2.05) is 20.8 Å². The molecular weight excluding hydrogens is 270 g/mol. The molecule has 0 radical (unpaired) electrons. The van der Waals surface area contributed by atoms with E-state index in [0.717, 1.165) is 25.7 Å². The number of rotatable bonds is 4. The van der Waals surface area contributed by atoms with Crippen LogP contribution in [0.3, 0.4) is 0 Å². The van der Waals surface area contributed by atoms with E-state index in [2.05, 4.69) is 10.1 Å². The zero-order chi connectivity index (χ0) is 15.9. The van der Waals surface area contributed by atoms with E-state index < -0.39 is 17.7 Å². The number of carbonyl (C=O) groups excluding carboxylic acids is 2. The number of hydrogen-bond acceptors (Lipinski definition) is 4. The fourth-order valence-corrected chi connectivity index (χ4v) is 2.51. The van der Waals surface area contributed by atoms with Crippen LogP contribution >= 0.6 is 0 Å². The molecule has 0 aliphatic heterocycles. The molecular formula is C16H27NO4. The Morgan fingerprint density at radius 2 is 1.81 bits per heavy atom. The molecule has 0 bridgehead atoms. The van der Waals surface area contributed by atoms with Gasteiger partial charge in [-0.25, -0.2) is 9.59 Å². The van der Waals surface area contributed by atoms with Crippen molar-refractivity contribution in [1.29, 1.82) is 0 Å². The molecule has 0 unspecified atom stereocenters. The Kier molecular flexibility index (Phi) is 6.72. The minimum absolute atomic E-state index is 0.195. The van der Waals surface area contributed by atoms with Gasteiger partial charge in [0.2, 0.25) is 0 Å². The summed E-state index contributed by atoms with van der Waals surface area (Å²) >= 11 is 0. The maximum Gasteiger partial charge on any atom is 0.408 e. The molecule has 0 heterocycles. The molecule has 0 saturated heterocycles. The van der Waals surface area contributed by atoms with Crippen molar-refractivity contribution in [2.24, 2.45) is 5.92 Å².